The molecular weight excluding hydrogens is 174 g/mol. The fourth-order valence-corrected chi connectivity index (χ4v) is 2.13. The molecule has 14 heavy (non-hydrogen) atoms. The van der Waals surface area contributed by atoms with Crippen molar-refractivity contribution < 1.29 is 4.74 Å². The second-order valence-corrected chi connectivity index (χ2v) is 4.38. The largest absolute Gasteiger partial charge is 0.372 e. The zero-order chi connectivity index (χ0) is 9.54. The molecule has 1 aromatic rings. The van der Waals surface area contributed by atoms with E-state index in [1.54, 1.807) is 0 Å². The number of rotatable bonds is 2. The van der Waals surface area contributed by atoms with Gasteiger partial charge in [-0.05, 0) is 35.4 Å². The average Bonchev–Trinajstić information content (AvgIpc) is 2.95. The molecule has 1 atom stereocenters. The van der Waals surface area contributed by atoms with E-state index in [-0.39, 0.29) is 6.04 Å². The fourth-order valence-electron chi connectivity index (χ4n) is 2.13. The number of fused-ring (bicyclic) bond motifs is 1. The van der Waals surface area contributed by atoms with Gasteiger partial charge in [0, 0.05) is 6.04 Å². The molecule has 0 radical (unpaired) electrons. The molecule has 2 heteroatoms. The molecule has 3 rings (SSSR count). The Morgan fingerprint density at radius 2 is 2.00 bits per heavy atom. The highest BCUT2D eigenvalue weighted by Gasteiger charge is 2.29. The van der Waals surface area contributed by atoms with Crippen LogP contribution in [0.3, 0.4) is 0 Å². The minimum atomic E-state index is 0.251. The average molecular weight is 189 g/mol. The van der Waals surface area contributed by atoms with Crippen molar-refractivity contribution in [2.45, 2.75) is 32.1 Å². The maximum absolute atomic E-state index is 6.15. The van der Waals surface area contributed by atoms with Crippen molar-refractivity contribution in [3.63, 3.8) is 0 Å². The van der Waals surface area contributed by atoms with Gasteiger partial charge in [0.15, 0.2) is 0 Å². The predicted octanol–water partition coefficient (Wildman–Crippen LogP) is 2.13. The molecular formula is C12H15NO. The topological polar surface area (TPSA) is 35.2 Å². The third-order valence-electron chi connectivity index (χ3n) is 3.26. The van der Waals surface area contributed by atoms with Crippen molar-refractivity contribution in [2.75, 3.05) is 0 Å². The van der Waals surface area contributed by atoms with Gasteiger partial charge in [0.2, 0.25) is 0 Å². The van der Waals surface area contributed by atoms with Gasteiger partial charge in [-0.15, -0.1) is 0 Å². The Balaban J connectivity index is 1.91. The molecule has 1 aromatic carbocycles. The van der Waals surface area contributed by atoms with E-state index in [0.29, 0.717) is 0 Å². The minimum Gasteiger partial charge on any atom is -0.372 e. The molecule has 0 amide bonds. The van der Waals surface area contributed by atoms with Crippen molar-refractivity contribution in [2.24, 2.45) is 11.7 Å². The van der Waals surface area contributed by atoms with Crippen LogP contribution in [0.2, 0.25) is 0 Å². The number of hydrogen-bond donors (Lipinski definition) is 1. The molecule has 2 aliphatic rings. The van der Waals surface area contributed by atoms with Gasteiger partial charge in [-0.2, -0.15) is 0 Å². The van der Waals surface area contributed by atoms with Gasteiger partial charge in [0.25, 0.3) is 0 Å². The quantitative estimate of drug-likeness (QED) is 0.773. The predicted molar refractivity (Wildman–Crippen MR) is 54.6 cm³/mol. The summed E-state index contributed by atoms with van der Waals surface area (Å²) in [5, 5.41) is 0. The van der Waals surface area contributed by atoms with E-state index in [0.717, 1.165) is 19.1 Å². The molecule has 1 unspecified atom stereocenters. The number of hydrogen-bond acceptors (Lipinski definition) is 2. The van der Waals surface area contributed by atoms with Gasteiger partial charge in [0.05, 0.1) is 13.2 Å². The van der Waals surface area contributed by atoms with Crippen molar-refractivity contribution in [1.29, 1.82) is 0 Å². The first-order chi connectivity index (χ1) is 6.84. The highest BCUT2D eigenvalue weighted by molar-refractivity contribution is 5.35. The van der Waals surface area contributed by atoms with Crippen LogP contribution in [-0.4, -0.2) is 0 Å². The van der Waals surface area contributed by atoms with Crippen molar-refractivity contribution >= 4 is 0 Å². The normalized spacial score (nSPS) is 22.1. The van der Waals surface area contributed by atoms with E-state index >= 15 is 0 Å². The Morgan fingerprint density at radius 3 is 2.79 bits per heavy atom. The van der Waals surface area contributed by atoms with E-state index in [1.807, 2.05) is 0 Å². The molecule has 0 bridgehead atoms. The lowest BCUT2D eigenvalue weighted by atomic mass is 9.99. The van der Waals surface area contributed by atoms with Gasteiger partial charge in [-0.25, -0.2) is 0 Å². The SMILES string of the molecule is NC(c1ccc2c(c1)COC2)C1CC1. The molecule has 1 heterocycles. The molecule has 1 fully saturated rings. The standard InChI is InChI=1S/C12H15NO/c13-12(8-1-2-8)9-3-4-10-6-14-7-11(10)5-9/h3-5,8,12H,1-2,6-7,13H2. The Bertz CT molecular complexity index is 357. The van der Waals surface area contributed by atoms with E-state index in [2.05, 4.69) is 18.2 Å². The highest BCUT2D eigenvalue weighted by atomic mass is 16.5. The van der Waals surface area contributed by atoms with Crippen molar-refractivity contribution in [3.05, 3.63) is 34.9 Å². The second-order valence-electron chi connectivity index (χ2n) is 4.38. The molecule has 2 N–H and O–H groups in total. The maximum Gasteiger partial charge on any atom is 0.0725 e. The van der Waals surface area contributed by atoms with Gasteiger partial charge >= 0.3 is 0 Å². The summed E-state index contributed by atoms with van der Waals surface area (Å²) in [7, 11) is 0. The first kappa shape index (κ1) is 8.45. The van der Waals surface area contributed by atoms with Crippen LogP contribution in [0.5, 0.6) is 0 Å². The highest BCUT2D eigenvalue weighted by Crippen LogP contribution is 2.40. The van der Waals surface area contributed by atoms with Crippen LogP contribution < -0.4 is 5.73 Å². The van der Waals surface area contributed by atoms with Crippen LogP contribution in [-0.2, 0) is 18.0 Å². The lowest BCUT2D eigenvalue weighted by Crippen LogP contribution is -2.12. The van der Waals surface area contributed by atoms with Gasteiger partial charge in [0.1, 0.15) is 0 Å². The van der Waals surface area contributed by atoms with Crippen LogP contribution in [0.1, 0.15) is 35.6 Å². The van der Waals surface area contributed by atoms with Crippen LogP contribution >= 0.6 is 0 Å². The van der Waals surface area contributed by atoms with Crippen LogP contribution in [0, 0.1) is 5.92 Å². The lowest BCUT2D eigenvalue weighted by Gasteiger charge is -2.11. The summed E-state index contributed by atoms with van der Waals surface area (Å²) in [4.78, 5) is 0. The third kappa shape index (κ3) is 1.35. The summed E-state index contributed by atoms with van der Waals surface area (Å²) >= 11 is 0. The van der Waals surface area contributed by atoms with Crippen LogP contribution in [0.15, 0.2) is 18.2 Å². The van der Waals surface area contributed by atoms with Gasteiger partial charge in [-0.3, -0.25) is 0 Å². The summed E-state index contributed by atoms with van der Waals surface area (Å²) < 4.78 is 5.38. The molecule has 1 saturated carbocycles. The van der Waals surface area contributed by atoms with Gasteiger partial charge in [-0.1, -0.05) is 18.2 Å². The summed E-state index contributed by atoms with van der Waals surface area (Å²) in [5.74, 6) is 0.732. The number of ether oxygens (including phenoxy) is 1. The van der Waals surface area contributed by atoms with E-state index < -0.39 is 0 Å². The molecule has 0 spiro atoms. The van der Waals surface area contributed by atoms with E-state index in [1.165, 1.54) is 29.5 Å². The monoisotopic (exact) mass is 189 g/mol. The Hall–Kier alpha value is -0.860. The first-order valence-electron chi connectivity index (χ1n) is 5.29. The summed E-state index contributed by atoms with van der Waals surface area (Å²) in [5.41, 5.74) is 10.1. The van der Waals surface area contributed by atoms with Crippen LogP contribution in [0.4, 0.5) is 0 Å². The van der Waals surface area contributed by atoms with E-state index in [9.17, 15) is 0 Å². The lowest BCUT2D eigenvalue weighted by molar-refractivity contribution is 0.134. The fraction of sp³-hybridized carbons (Fsp3) is 0.500. The zero-order valence-electron chi connectivity index (χ0n) is 8.20. The number of nitrogens with two attached hydrogens (primary N) is 1. The number of benzene rings is 1. The second kappa shape index (κ2) is 3.07. The summed E-state index contributed by atoms with van der Waals surface area (Å²) in [6.07, 6.45) is 2.60. The smallest absolute Gasteiger partial charge is 0.0725 e. The molecule has 1 aliphatic heterocycles. The maximum atomic E-state index is 6.15. The molecule has 0 saturated heterocycles. The Morgan fingerprint density at radius 1 is 1.21 bits per heavy atom. The third-order valence-corrected chi connectivity index (χ3v) is 3.26. The summed E-state index contributed by atoms with van der Waals surface area (Å²) in [6.45, 7) is 1.54. The van der Waals surface area contributed by atoms with Crippen molar-refractivity contribution in [1.82, 2.24) is 0 Å². The first-order valence-corrected chi connectivity index (χ1v) is 5.29. The molecule has 2 nitrogen and oxygen atoms in total. The Kier molecular flexibility index (Phi) is 1.85. The minimum absolute atomic E-state index is 0.251. The van der Waals surface area contributed by atoms with Gasteiger partial charge < -0.3 is 10.5 Å². The summed E-state index contributed by atoms with van der Waals surface area (Å²) in [6, 6.07) is 6.81. The van der Waals surface area contributed by atoms with Crippen molar-refractivity contribution in [3.8, 4) is 0 Å². The Labute approximate surface area is 84.1 Å². The van der Waals surface area contributed by atoms with Crippen LogP contribution in [0.25, 0.3) is 0 Å². The zero-order valence-corrected chi connectivity index (χ0v) is 8.20. The molecule has 0 aromatic heterocycles. The molecule has 1 aliphatic carbocycles. The van der Waals surface area contributed by atoms with E-state index in [4.69, 9.17) is 10.5 Å². The molecule has 74 valence electrons.